The van der Waals surface area contributed by atoms with E-state index < -0.39 is 11.1 Å². The Morgan fingerprint density at radius 2 is 1.48 bits per heavy atom. The third-order valence-corrected chi connectivity index (χ3v) is 6.95. The van der Waals surface area contributed by atoms with Crippen molar-refractivity contribution in [2.24, 2.45) is 11.8 Å². The van der Waals surface area contributed by atoms with E-state index >= 15 is 0 Å². The van der Waals surface area contributed by atoms with Crippen molar-refractivity contribution in [3.8, 4) is 17.9 Å². The summed E-state index contributed by atoms with van der Waals surface area (Å²) in [5, 5.41) is 31.2. The molecule has 4 rings (SSSR count). The second kappa shape index (κ2) is 5.95. The zero-order valence-electron chi connectivity index (χ0n) is 14.6. The fourth-order valence-corrected chi connectivity index (χ4v) is 5.85. The van der Waals surface area contributed by atoms with E-state index in [0.717, 1.165) is 57.8 Å². The topological polar surface area (TPSA) is 71.0 Å². The fraction of sp³-hybridized carbons (Fsp3) is 0.619. The van der Waals surface area contributed by atoms with Crippen LogP contribution >= 0.6 is 0 Å². The molecule has 0 unspecified atom stereocenters. The van der Waals surface area contributed by atoms with E-state index in [4.69, 9.17) is 0 Å². The Morgan fingerprint density at radius 1 is 0.920 bits per heavy atom. The zero-order chi connectivity index (χ0) is 17.5. The number of phenols is 1. The largest absolute Gasteiger partial charge is 0.506 e. The van der Waals surface area contributed by atoms with Gasteiger partial charge in [-0.05, 0) is 56.1 Å². The van der Waals surface area contributed by atoms with Gasteiger partial charge >= 0.3 is 0 Å². The smallest absolute Gasteiger partial charge is 0.138 e. The number of piperidine rings is 1. The minimum Gasteiger partial charge on any atom is -0.506 e. The quantitative estimate of drug-likeness (QED) is 0.820. The number of para-hydroxylation sites is 2. The number of phenolic OH excluding ortho intramolecular Hbond substituents is 1. The second-order valence-electron chi connectivity index (χ2n) is 8.02. The standard InChI is InChI=1S/C21H25N3O/c22-14-20-11-5-3-7-16(20)13-17-8-4-6-12-21(17,15-23)24(20)18-9-1-2-10-19(18)25/h1-2,9-10,16-17,25H,3-8,11-13H2/t16-,17-,20-,21-/m0/s1. The molecule has 4 nitrogen and oxygen atoms in total. The van der Waals surface area contributed by atoms with Crippen molar-refractivity contribution in [1.29, 1.82) is 10.5 Å². The molecule has 1 heterocycles. The Morgan fingerprint density at radius 3 is 2.00 bits per heavy atom. The van der Waals surface area contributed by atoms with Gasteiger partial charge < -0.3 is 10.0 Å². The molecule has 1 aromatic carbocycles. The maximum absolute atomic E-state index is 10.6. The molecule has 4 heteroatoms. The molecule has 2 saturated carbocycles. The summed E-state index contributed by atoms with van der Waals surface area (Å²) < 4.78 is 0. The van der Waals surface area contributed by atoms with Gasteiger partial charge in [0.2, 0.25) is 0 Å². The molecule has 0 aromatic heterocycles. The van der Waals surface area contributed by atoms with Crippen LogP contribution in [0.2, 0.25) is 0 Å². The highest BCUT2D eigenvalue weighted by molar-refractivity contribution is 5.66. The lowest BCUT2D eigenvalue weighted by Gasteiger charge is -2.62. The molecule has 3 aliphatic rings. The van der Waals surface area contributed by atoms with Crippen LogP contribution in [0.4, 0.5) is 5.69 Å². The van der Waals surface area contributed by atoms with Crippen LogP contribution in [0.15, 0.2) is 24.3 Å². The van der Waals surface area contributed by atoms with Crippen molar-refractivity contribution >= 4 is 5.69 Å². The summed E-state index contributed by atoms with van der Waals surface area (Å²) >= 11 is 0. The van der Waals surface area contributed by atoms with Crippen LogP contribution in [0.3, 0.4) is 0 Å². The number of aromatic hydroxyl groups is 1. The predicted octanol–water partition coefficient (Wildman–Crippen LogP) is 4.51. The molecule has 25 heavy (non-hydrogen) atoms. The maximum Gasteiger partial charge on any atom is 0.138 e. The summed E-state index contributed by atoms with van der Waals surface area (Å²) in [4.78, 5) is 2.09. The van der Waals surface area contributed by atoms with Crippen LogP contribution in [0.5, 0.6) is 5.75 Å². The van der Waals surface area contributed by atoms with Crippen LogP contribution < -0.4 is 4.90 Å². The van der Waals surface area contributed by atoms with E-state index in [9.17, 15) is 15.6 Å². The van der Waals surface area contributed by atoms with Crippen LogP contribution in [-0.4, -0.2) is 16.2 Å². The van der Waals surface area contributed by atoms with Gasteiger partial charge in [-0.2, -0.15) is 10.5 Å². The van der Waals surface area contributed by atoms with Crippen LogP contribution in [0.25, 0.3) is 0 Å². The molecule has 4 atom stereocenters. The van der Waals surface area contributed by atoms with Gasteiger partial charge in [0.15, 0.2) is 0 Å². The normalized spacial score (nSPS) is 37.3. The molecular weight excluding hydrogens is 310 g/mol. The average molecular weight is 335 g/mol. The van der Waals surface area contributed by atoms with Gasteiger partial charge in [0.25, 0.3) is 0 Å². The minimum absolute atomic E-state index is 0.183. The highest BCUT2D eigenvalue weighted by atomic mass is 16.3. The Balaban J connectivity index is 1.95. The first-order chi connectivity index (χ1) is 12.2. The van der Waals surface area contributed by atoms with Crippen molar-refractivity contribution < 1.29 is 5.11 Å². The molecule has 130 valence electrons. The number of nitriles is 2. The first-order valence-corrected chi connectivity index (χ1v) is 9.59. The van der Waals surface area contributed by atoms with Gasteiger partial charge in [-0.3, -0.25) is 0 Å². The lowest BCUT2D eigenvalue weighted by molar-refractivity contribution is 0.0610. The third kappa shape index (κ3) is 2.17. The molecule has 2 aliphatic carbocycles. The number of rotatable bonds is 1. The summed E-state index contributed by atoms with van der Waals surface area (Å²) in [7, 11) is 0. The monoisotopic (exact) mass is 335 g/mol. The zero-order valence-corrected chi connectivity index (χ0v) is 14.6. The van der Waals surface area contributed by atoms with E-state index in [1.54, 1.807) is 12.1 Å². The first kappa shape index (κ1) is 16.3. The van der Waals surface area contributed by atoms with Crippen LogP contribution in [0, 0.1) is 34.5 Å². The van der Waals surface area contributed by atoms with Gasteiger partial charge in [-0.15, -0.1) is 0 Å². The molecule has 1 saturated heterocycles. The predicted molar refractivity (Wildman–Crippen MR) is 95.8 cm³/mol. The van der Waals surface area contributed by atoms with Crippen molar-refractivity contribution in [3.05, 3.63) is 24.3 Å². The molecule has 0 amide bonds. The molecule has 0 bridgehead atoms. The van der Waals surface area contributed by atoms with Gasteiger partial charge in [-0.1, -0.05) is 37.8 Å². The third-order valence-electron chi connectivity index (χ3n) is 6.95. The van der Waals surface area contributed by atoms with Crippen molar-refractivity contribution in [2.45, 2.75) is 68.9 Å². The number of hydrogen-bond acceptors (Lipinski definition) is 4. The van der Waals surface area contributed by atoms with Crippen LogP contribution in [0.1, 0.15) is 57.8 Å². The van der Waals surface area contributed by atoms with Crippen molar-refractivity contribution in [1.82, 2.24) is 0 Å². The van der Waals surface area contributed by atoms with E-state index in [2.05, 4.69) is 17.0 Å². The molecular formula is C21H25N3O. The summed E-state index contributed by atoms with van der Waals surface area (Å²) in [6.07, 6.45) is 9.01. The fourth-order valence-electron chi connectivity index (χ4n) is 5.85. The Labute approximate surface area is 149 Å². The van der Waals surface area contributed by atoms with Gasteiger partial charge in [-0.25, -0.2) is 0 Å². The molecule has 1 N–H and O–H groups in total. The summed E-state index contributed by atoms with van der Waals surface area (Å²) in [5.41, 5.74) is -0.662. The number of hydrogen-bond donors (Lipinski definition) is 1. The first-order valence-electron chi connectivity index (χ1n) is 9.59. The average Bonchev–Trinajstić information content (AvgIpc) is 2.66. The number of nitrogens with zero attached hydrogens (tertiary/aromatic N) is 3. The summed E-state index contributed by atoms with van der Waals surface area (Å²) in [5.74, 6) is 0.758. The maximum atomic E-state index is 10.6. The van der Waals surface area contributed by atoms with E-state index in [0.29, 0.717) is 5.69 Å². The molecule has 0 radical (unpaired) electrons. The summed E-state index contributed by atoms with van der Waals surface area (Å²) in [6.45, 7) is 0. The highest BCUT2D eigenvalue weighted by Crippen LogP contribution is 2.58. The Kier molecular flexibility index (Phi) is 3.88. The van der Waals surface area contributed by atoms with Crippen molar-refractivity contribution in [3.63, 3.8) is 0 Å². The van der Waals surface area contributed by atoms with Gasteiger partial charge in [0.1, 0.15) is 16.8 Å². The van der Waals surface area contributed by atoms with Crippen LogP contribution in [-0.2, 0) is 0 Å². The van der Waals surface area contributed by atoms with E-state index in [1.165, 1.54) is 0 Å². The number of benzene rings is 1. The Bertz CT molecular complexity index is 708. The highest BCUT2D eigenvalue weighted by Gasteiger charge is 2.62. The molecule has 1 aliphatic heterocycles. The van der Waals surface area contributed by atoms with E-state index in [1.807, 2.05) is 12.1 Å². The number of anilines is 1. The minimum atomic E-state index is -0.666. The van der Waals surface area contributed by atoms with Crippen molar-refractivity contribution in [2.75, 3.05) is 4.90 Å². The molecule has 3 fully saturated rings. The van der Waals surface area contributed by atoms with Gasteiger partial charge in [0, 0.05) is 0 Å². The second-order valence-corrected chi connectivity index (χ2v) is 8.02. The Hall–Kier alpha value is -2.20. The van der Waals surface area contributed by atoms with E-state index in [-0.39, 0.29) is 17.6 Å². The lowest BCUT2D eigenvalue weighted by Crippen LogP contribution is -2.71. The summed E-state index contributed by atoms with van der Waals surface area (Å²) in [6, 6.07) is 12.6. The van der Waals surface area contributed by atoms with Gasteiger partial charge in [0.05, 0.1) is 17.8 Å². The number of fused-ring (bicyclic) bond motifs is 2. The SMILES string of the molecule is N#C[C@@]12CCCC[C@H]1C[C@@H]1CCCC[C@@]1(C#N)N2c1ccccc1O. The lowest BCUT2D eigenvalue weighted by atomic mass is 9.56. The molecule has 0 spiro atoms. The molecule has 1 aromatic rings.